The fraction of sp³-hybridized carbons (Fsp3) is 0.528. The molecule has 3 aliphatic carbocycles. The van der Waals surface area contributed by atoms with E-state index >= 15 is 0 Å². The van der Waals surface area contributed by atoms with Crippen molar-refractivity contribution in [3.63, 3.8) is 0 Å². The van der Waals surface area contributed by atoms with E-state index in [-0.39, 0.29) is 47.6 Å². The molecule has 3 aliphatic rings. The van der Waals surface area contributed by atoms with Gasteiger partial charge in [-0.05, 0) is 89.5 Å². The topological polar surface area (TPSA) is 0 Å². The molecule has 2 aromatic carbocycles. The Kier molecular flexibility index (Phi) is 15.3. The second-order valence-electron chi connectivity index (χ2n) is 11.0. The van der Waals surface area contributed by atoms with Crippen molar-refractivity contribution in [1.29, 1.82) is 0 Å². The summed E-state index contributed by atoms with van der Waals surface area (Å²) in [5.74, 6) is 1.47. The first kappa shape index (κ1) is 36.2. The van der Waals surface area contributed by atoms with Crippen LogP contribution in [-0.2, 0) is 44.5 Å². The Hall–Kier alpha value is -0.846. The first-order valence-corrected chi connectivity index (χ1v) is 14.2. The summed E-state index contributed by atoms with van der Waals surface area (Å²) in [7, 11) is 0. The van der Waals surface area contributed by atoms with E-state index < -0.39 is 0 Å². The molecule has 0 radical (unpaired) electrons. The molecule has 0 heterocycles. The molecule has 1 atom stereocenters. The minimum absolute atomic E-state index is 0. The largest absolute Gasteiger partial charge is 3.00 e. The Morgan fingerprint density at radius 3 is 1.92 bits per heavy atom. The summed E-state index contributed by atoms with van der Waals surface area (Å²) in [6.45, 7) is 17.2. The monoisotopic (exact) mass is 576 g/mol. The third-order valence-electron chi connectivity index (χ3n) is 9.00. The predicted molar refractivity (Wildman–Crippen MR) is 165 cm³/mol. The third-order valence-corrected chi connectivity index (χ3v) is 9.00. The summed E-state index contributed by atoms with van der Waals surface area (Å²) in [5.41, 5.74) is 7.22. The molecule has 1 unspecified atom stereocenters. The van der Waals surface area contributed by atoms with E-state index in [1.165, 1.54) is 66.9 Å². The number of benzene rings is 2. The average molecular weight is 577 g/mol. The van der Waals surface area contributed by atoms with Crippen molar-refractivity contribution >= 4 is 10.8 Å². The van der Waals surface area contributed by atoms with E-state index in [0.29, 0.717) is 10.8 Å². The molecule has 0 spiro atoms. The molecular formula is C36H55Y. The van der Waals surface area contributed by atoms with E-state index in [0.717, 1.165) is 11.8 Å². The Balaban J connectivity index is 0.00000177. The maximum Gasteiger partial charge on any atom is 3.00 e. The molecule has 0 aromatic heterocycles. The van der Waals surface area contributed by atoms with E-state index in [9.17, 15) is 0 Å². The standard InChI is InChI=1S/C30H37.2C2H6.2CH3.Y/c1-5-23-7-10-27(18-23)29-12-14-30(20-29,15-13-29)28-11-9-25-17-24(6-8-26(25)19-28)16-22(4)21(2)3;2*1-2;;;/h5-11,17,19,21-22H,12-16,18,20H2,1-4H3;2*1-2H3;2*1H3;/q-1;;;2*-1;+3. The van der Waals surface area contributed by atoms with Gasteiger partial charge >= 0.3 is 32.7 Å². The molecule has 0 N–H and O–H groups in total. The van der Waals surface area contributed by atoms with Crippen molar-refractivity contribution in [2.75, 3.05) is 0 Å². The second-order valence-corrected chi connectivity index (χ2v) is 11.0. The van der Waals surface area contributed by atoms with Crippen LogP contribution in [0.5, 0.6) is 0 Å². The van der Waals surface area contributed by atoms with Crippen LogP contribution in [0.3, 0.4) is 0 Å². The molecule has 1 heteroatoms. The van der Waals surface area contributed by atoms with Crippen LogP contribution in [0, 0.1) is 38.5 Å². The number of allylic oxidation sites excluding steroid dienone is 4. The summed E-state index contributed by atoms with van der Waals surface area (Å²) < 4.78 is 0. The summed E-state index contributed by atoms with van der Waals surface area (Å²) in [5, 5.41) is 2.84. The SMILES string of the molecule is CC.CC.C[CH-]C1=CC=C(C23CCC(c4ccc5cc(CC(C)C(C)C)ccc5c4)(CC2)C3)C1.[CH3-].[CH3-].[Y+3]. The number of rotatable bonds is 6. The molecule has 2 aromatic rings. The van der Waals surface area contributed by atoms with Gasteiger partial charge in [0.05, 0.1) is 0 Å². The molecular weight excluding hydrogens is 521 g/mol. The molecule has 0 aliphatic heterocycles. The Labute approximate surface area is 257 Å². The minimum atomic E-state index is 0. The molecule has 37 heavy (non-hydrogen) atoms. The van der Waals surface area contributed by atoms with E-state index in [4.69, 9.17) is 0 Å². The van der Waals surface area contributed by atoms with Gasteiger partial charge in [-0.2, -0.15) is 0 Å². The third kappa shape index (κ3) is 7.42. The summed E-state index contributed by atoms with van der Waals surface area (Å²) >= 11 is 0. The second kappa shape index (κ2) is 15.7. The van der Waals surface area contributed by atoms with Gasteiger partial charge < -0.3 is 14.9 Å². The first-order chi connectivity index (χ1) is 16.4. The van der Waals surface area contributed by atoms with Gasteiger partial charge in [0, 0.05) is 0 Å². The molecule has 0 nitrogen and oxygen atoms in total. The van der Waals surface area contributed by atoms with Crippen LogP contribution >= 0.6 is 0 Å². The number of hydrogen-bond donors (Lipinski definition) is 0. The van der Waals surface area contributed by atoms with Crippen molar-refractivity contribution < 1.29 is 32.7 Å². The van der Waals surface area contributed by atoms with Crippen molar-refractivity contribution in [1.82, 2.24) is 0 Å². The van der Waals surface area contributed by atoms with Gasteiger partial charge in [0.2, 0.25) is 0 Å². The van der Waals surface area contributed by atoms with Crippen LogP contribution < -0.4 is 0 Å². The Morgan fingerprint density at radius 2 is 1.35 bits per heavy atom. The fourth-order valence-electron chi connectivity index (χ4n) is 6.50. The zero-order valence-electron chi connectivity index (χ0n) is 25.9. The first-order valence-electron chi connectivity index (χ1n) is 14.2. The van der Waals surface area contributed by atoms with Crippen LogP contribution in [-0.4, -0.2) is 0 Å². The fourth-order valence-corrected chi connectivity index (χ4v) is 6.50. The van der Waals surface area contributed by atoms with Gasteiger partial charge in [0.15, 0.2) is 0 Å². The van der Waals surface area contributed by atoms with E-state index in [1.54, 1.807) is 11.1 Å². The maximum absolute atomic E-state index is 2.53. The average Bonchev–Trinajstić information content (AvgIpc) is 3.61. The minimum Gasteiger partial charge on any atom is -0.358 e. The molecule has 5 rings (SSSR count). The Morgan fingerprint density at radius 1 is 0.784 bits per heavy atom. The van der Waals surface area contributed by atoms with Gasteiger partial charge in [-0.3, -0.25) is 0 Å². The summed E-state index contributed by atoms with van der Waals surface area (Å²) in [4.78, 5) is 0. The van der Waals surface area contributed by atoms with Crippen LogP contribution in [0.4, 0.5) is 0 Å². The Bertz CT molecular complexity index is 1010. The normalized spacial score (nSPS) is 23.7. The van der Waals surface area contributed by atoms with Crippen LogP contribution in [0.15, 0.2) is 59.7 Å². The van der Waals surface area contributed by atoms with Gasteiger partial charge in [-0.15, -0.1) is 13.0 Å². The smallest absolute Gasteiger partial charge is 0.358 e. The molecule has 202 valence electrons. The zero-order valence-corrected chi connectivity index (χ0v) is 28.7. The van der Waals surface area contributed by atoms with E-state index in [1.807, 2.05) is 27.7 Å². The summed E-state index contributed by atoms with van der Waals surface area (Å²) in [6.07, 6.45) is 16.3. The zero-order chi connectivity index (χ0) is 24.9. The van der Waals surface area contributed by atoms with Gasteiger partial charge in [0.25, 0.3) is 0 Å². The molecule has 0 amide bonds. The number of hydrogen-bond acceptors (Lipinski definition) is 0. The van der Waals surface area contributed by atoms with Crippen molar-refractivity contribution in [2.45, 2.75) is 106 Å². The van der Waals surface area contributed by atoms with Crippen molar-refractivity contribution in [2.24, 2.45) is 17.3 Å². The quantitative estimate of drug-likeness (QED) is 0.300. The predicted octanol–water partition coefficient (Wildman–Crippen LogP) is 11.3. The molecule has 2 saturated carbocycles. The molecule has 2 bridgehead atoms. The molecule has 0 saturated heterocycles. The van der Waals surface area contributed by atoms with Crippen LogP contribution in [0.2, 0.25) is 0 Å². The molecule has 2 fully saturated rings. The van der Waals surface area contributed by atoms with Crippen molar-refractivity contribution in [3.8, 4) is 0 Å². The van der Waals surface area contributed by atoms with Gasteiger partial charge in [0.1, 0.15) is 0 Å². The van der Waals surface area contributed by atoms with Gasteiger partial charge in [-0.1, -0.05) is 90.4 Å². The van der Waals surface area contributed by atoms with Crippen LogP contribution in [0.25, 0.3) is 10.8 Å². The summed E-state index contributed by atoms with van der Waals surface area (Å²) in [6, 6.07) is 14.6. The van der Waals surface area contributed by atoms with Crippen molar-refractivity contribution in [3.05, 3.63) is 92.1 Å². The van der Waals surface area contributed by atoms with E-state index in [2.05, 4.69) is 82.7 Å². The van der Waals surface area contributed by atoms with Gasteiger partial charge in [-0.25, -0.2) is 18.1 Å². The van der Waals surface area contributed by atoms with Crippen LogP contribution in [0.1, 0.15) is 105 Å². The number of fused-ring (bicyclic) bond motifs is 3. The maximum atomic E-state index is 2.53.